The summed E-state index contributed by atoms with van der Waals surface area (Å²) in [4.78, 5) is 4.75. The van der Waals surface area contributed by atoms with Crippen LogP contribution in [-0.4, -0.2) is 19.0 Å². The summed E-state index contributed by atoms with van der Waals surface area (Å²) in [7, 11) is 0. The molecule has 0 saturated carbocycles. The number of rotatable bonds is 4. The molecule has 1 N–H and O–H groups in total. The lowest BCUT2D eigenvalue weighted by molar-refractivity contribution is 0.0561. The van der Waals surface area contributed by atoms with Crippen molar-refractivity contribution in [3.05, 3.63) is 0 Å². The molecule has 0 rings (SSSR count). The van der Waals surface area contributed by atoms with Gasteiger partial charge in [0.1, 0.15) is 0 Å². The van der Waals surface area contributed by atoms with Crippen LogP contribution in [-0.2, 0) is 4.84 Å². The molecule has 0 amide bonds. The third-order valence-corrected chi connectivity index (χ3v) is 0.580. The lowest BCUT2D eigenvalue weighted by Gasteiger charge is -1.96. The van der Waals surface area contributed by atoms with Gasteiger partial charge in [-0.05, 0) is 0 Å². The van der Waals surface area contributed by atoms with Crippen molar-refractivity contribution in [2.75, 3.05) is 19.0 Å². The largest absolute Gasteiger partial charge is 0.301 e. The van der Waals surface area contributed by atoms with Crippen molar-refractivity contribution >= 4 is 11.6 Å². The molecule has 0 atom stereocenters. The third-order valence-electron chi connectivity index (χ3n) is 0.426. The fourth-order valence-corrected chi connectivity index (χ4v) is 0.290. The number of hydrogen-bond acceptors (Lipinski definition) is 2. The molecule has 0 aliphatic heterocycles. The average molecular weight is 124 g/mol. The van der Waals surface area contributed by atoms with Gasteiger partial charge < -0.3 is 4.84 Å². The van der Waals surface area contributed by atoms with E-state index in [1.54, 1.807) is 0 Å². The molecule has 0 aromatic heterocycles. The predicted octanol–water partition coefficient (Wildman–Crippen LogP) is 0.766. The van der Waals surface area contributed by atoms with Crippen molar-refractivity contribution in [1.29, 1.82) is 0 Å². The summed E-state index contributed by atoms with van der Waals surface area (Å²) in [6.07, 6.45) is 0. The van der Waals surface area contributed by atoms with Gasteiger partial charge >= 0.3 is 0 Å². The molecule has 0 aromatic carbocycles. The molecule has 0 radical (unpaired) electrons. The van der Waals surface area contributed by atoms with E-state index in [-0.39, 0.29) is 0 Å². The van der Waals surface area contributed by atoms with Gasteiger partial charge in [0, 0.05) is 12.4 Å². The number of hydrogen-bond donors (Lipinski definition) is 1. The van der Waals surface area contributed by atoms with Crippen LogP contribution in [0.25, 0.3) is 0 Å². The number of hydroxylamine groups is 1. The second kappa shape index (κ2) is 6.21. The molecule has 0 spiro atoms. The second-order valence-corrected chi connectivity index (χ2v) is 1.41. The van der Waals surface area contributed by atoms with Gasteiger partial charge in [-0.1, -0.05) is 6.92 Å². The summed E-state index contributed by atoms with van der Waals surface area (Å²) in [5.74, 6) is 0.549. The zero-order valence-corrected chi connectivity index (χ0v) is 5.16. The van der Waals surface area contributed by atoms with E-state index in [1.165, 1.54) is 0 Å². The van der Waals surface area contributed by atoms with Crippen LogP contribution in [0.1, 0.15) is 6.92 Å². The molecule has 44 valence electrons. The molecule has 0 aliphatic rings. The van der Waals surface area contributed by atoms with Crippen LogP contribution >= 0.6 is 11.6 Å². The maximum Gasteiger partial charge on any atom is 0.0817 e. The molecular formula is C4H10ClNO. The Kier molecular flexibility index (Phi) is 6.40. The van der Waals surface area contributed by atoms with Crippen molar-refractivity contribution in [3.8, 4) is 0 Å². The predicted molar refractivity (Wildman–Crippen MR) is 30.3 cm³/mol. The molecule has 0 aliphatic carbocycles. The Hall–Kier alpha value is 0.210. The molecule has 0 saturated heterocycles. The van der Waals surface area contributed by atoms with Crippen molar-refractivity contribution < 1.29 is 4.84 Å². The molecule has 0 heterocycles. The van der Waals surface area contributed by atoms with Crippen LogP contribution in [0.5, 0.6) is 0 Å². The zero-order chi connectivity index (χ0) is 5.54. The van der Waals surface area contributed by atoms with Crippen LogP contribution < -0.4 is 5.48 Å². The Labute approximate surface area is 48.8 Å². The van der Waals surface area contributed by atoms with Gasteiger partial charge in [-0.2, -0.15) is 0 Å². The summed E-state index contributed by atoms with van der Waals surface area (Å²) in [6, 6.07) is 0. The van der Waals surface area contributed by atoms with Crippen LogP contribution in [0.3, 0.4) is 0 Å². The number of alkyl halides is 1. The minimum Gasteiger partial charge on any atom is -0.301 e. The smallest absolute Gasteiger partial charge is 0.0817 e. The Bertz CT molecular complexity index is 30.9. The highest BCUT2D eigenvalue weighted by molar-refractivity contribution is 6.17. The fourth-order valence-electron chi connectivity index (χ4n) is 0.213. The lowest BCUT2D eigenvalue weighted by atomic mass is 10.8. The van der Waals surface area contributed by atoms with E-state index < -0.39 is 0 Å². The van der Waals surface area contributed by atoms with E-state index in [4.69, 9.17) is 16.4 Å². The van der Waals surface area contributed by atoms with E-state index >= 15 is 0 Å². The first-order chi connectivity index (χ1) is 3.41. The summed E-state index contributed by atoms with van der Waals surface area (Å²) in [5, 5.41) is 0. The Morgan fingerprint density at radius 1 is 1.71 bits per heavy atom. The molecular weight excluding hydrogens is 114 g/mol. The molecule has 2 nitrogen and oxygen atoms in total. The van der Waals surface area contributed by atoms with Crippen LogP contribution in [0.15, 0.2) is 0 Å². The molecule has 3 heteroatoms. The quantitative estimate of drug-likeness (QED) is 0.339. The van der Waals surface area contributed by atoms with Gasteiger partial charge in [-0.15, -0.1) is 11.6 Å². The highest BCUT2D eigenvalue weighted by atomic mass is 35.5. The van der Waals surface area contributed by atoms with Crippen LogP contribution in [0.4, 0.5) is 0 Å². The molecule has 7 heavy (non-hydrogen) atoms. The monoisotopic (exact) mass is 123 g/mol. The van der Waals surface area contributed by atoms with Gasteiger partial charge in [-0.25, -0.2) is 5.48 Å². The van der Waals surface area contributed by atoms with Gasteiger partial charge in [-0.3, -0.25) is 0 Å². The molecule has 0 fully saturated rings. The Morgan fingerprint density at radius 2 is 2.43 bits per heavy atom. The van der Waals surface area contributed by atoms with Gasteiger partial charge in [0.05, 0.1) is 6.61 Å². The Morgan fingerprint density at radius 3 is 2.86 bits per heavy atom. The topological polar surface area (TPSA) is 21.3 Å². The summed E-state index contributed by atoms with van der Waals surface area (Å²) in [6.45, 7) is 3.38. The first kappa shape index (κ1) is 7.21. The molecule has 0 bridgehead atoms. The van der Waals surface area contributed by atoms with Gasteiger partial charge in [0.2, 0.25) is 0 Å². The van der Waals surface area contributed by atoms with E-state index in [9.17, 15) is 0 Å². The van der Waals surface area contributed by atoms with Crippen LogP contribution in [0.2, 0.25) is 0 Å². The van der Waals surface area contributed by atoms with E-state index in [1.807, 2.05) is 6.92 Å². The van der Waals surface area contributed by atoms with Crippen LogP contribution in [0, 0.1) is 0 Å². The summed E-state index contributed by atoms with van der Waals surface area (Å²) < 4.78 is 0. The van der Waals surface area contributed by atoms with E-state index in [0.717, 1.165) is 6.54 Å². The standard InChI is InChI=1S/C4H10ClNO/c1-2-6-7-4-3-5/h6H,2-4H2,1H3. The molecule has 0 unspecified atom stereocenters. The van der Waals surface area contributed by atoms with E-state index in [0.29, 0.717) is 12.5 Å². The lowest BCUT2D eigenvalue weighted by Crippen LogP contribution is -2.14. The maximum absolute atomic E-state index is 5.27. The van der Waals surface area contributed by atoms with Crippen molar-refractivity contribution in [1.82, 2.24) is 5.48 Å². The normalized spacial score (nSPS) is 9.43. The fraction of sp³-hybridized carbons (Fsp3) is 1.00. The minimum atomic E-state index is 0.549. The highest BCUT2D eigenvalue weighted by Crippen LogP contribution is 1.72. The zero-order valence-electron chi connectivity index (χ0n) is 4.41. The minimum absolute atomic E-state index is 0.549. The van der Waals surface area contributed by atoms with Gasteiger partial charge in [0.25, 0.3) is 0 Å². The summed E-state index contributed by atoms with van der Waals surface area (Å²) in [5.41, 5.74) is 2.66. The molecule has 0 aromatic rings. The Balaban J connectivity index is 2.45. The van der Waals surface area contributed by atoms with E-state index in [2.05, 4.69) is 5.48 Å². The highest BCUT2D eigenvalue weighted by Gasteiger charge is 1.77. The average Bonchev–Trinajstić information content (AvgIpc) is 1.69. The number of halogens is 1. The first-order valence-electron chi connectivity index (χ1n) is 2.32. The first-order valence-corrected chi connectivity index (χ1v) is 2.86. The third kappa shape index (κ3) is 6.21. The van der Waals surface area contributed by atoms with Crippen molar-refractivity contribution in [2.24, 2.45) is 0 Å². The second-order valence-electron chi connectivity index (χ2n) is 1.04. The summed E-state index contributed by atoms with van der Waals surface area (Å²) >= 11 is 5.27. The van der Waals surface area contributed by atoms with Crippen molar-refractivity contribution in [2.45, 2.75) is 6.92 Å². The number of nitrogens with one attached hydrogen (secondary N) is 1. The van der Waals surface area contributed by atoms with Gasteiger partial charge in [0.15, 0.2) is 0 Å². The maximum atomic E-state index is 5.27. The SMILES string of the molecule is CCNOCCCl. The van der Waals surface area contributed by atoms with Crippen molar-refractivity contribution in [3.63, 3.8) is 0 Å².